The van der Waals surface area contributed by atoms with Crippen LogP contribution >= 0.6 is 11.8 Å². The number of nitrogens with zero attached hydrogens (tertiary/aromatic N) is 1. The van der Waals surface area contributed by atoms with Crippen LogP contribution in [0.2, 0.25) is 0 Å². The van der Waals surface area contributed by atoms with E-state index in [2.05, 4.69) is 5.32 Å². The number of hydrogen-bond acceptors (Lipinski definition) is 4. The Morgan fingerprint density at radius 3 is 3.05 bits per heavy atom. The fourth-order valence-corrected chi connectivity index (χ4v) is 3.60. The van der Waals surface area contributed by atoms with Crippen molar-refractivity contribution < 1.29 is 14.7 Å². The maximum Gasteiger partial charge on any atom is 0.327 e. The zero-order chi connectivity index (χ0) is 13.4. The number of nitrogens with one attached hydrogen (secondary N) is 1. The third-order valence-electron chi connectivity index (χ3n) is 3.49. The molecule has 1 amide bonds. The summed E-state index contributed by atoms with van der Waals surface area (Å²) >= 11 is 1.48. The Balaban J connectivity index is 1.85. The monoisotopic (exact) mass is 278 g/mol. The largest absolute Gasteiger partial charge is 0.480 e. The van der Waals surface area contributed by atoms with Crippen molar-refractivity contribution in [1.82, 2.24) is 4.90 Å². The molecule has 6 heteroatoms. The van der Waals surface area contributed by atoms with Gasteiger partial charge in [-0.05, 0) is 30.2 Å². The molecule has 1 aromatic rings. The number of aliphatic carboxylic acids is 1. The Kier molecular flexibility index (Phi) is 3.10. The number of carbonyl (C=O) groups excluding carboxylic acids is 1. The van der Waals surface area contributed by atoms with Gasteiger partial charge in [0.25, 0.3) is 5.91 Å². The van der Waals surface area contributed by atoms with Gasteiger partial charge in [0, 0.05) is 23.5 Å². The SMILES string of the molecule is O=C(O)[C@@H]1CSCN1C(=O)c1ccc2c(c1)CCN2. The molecule has 1 saturated heterocycles. The minimum Gasteiger partial charge on any atom is -0.480 e. The molecule has 0 unspecified atom stereocenters. The highest BCUT2D eigenvalue weighted by atomic mass is 32.2. The highest BCUT2D eigenvalue weighted by Crippen LogP contribution is 2.27. The summed E-state index contributed by atoms with van der Waals surface area (Å²) in [6.45, 7) is 0.893. The number of fused-ring (bicyclic) bond motifs is 1. The number of amides is 1. The van der Waals surface area contributed by atoms with Gasteiger partial charge in [-0.2, -0.15) is 0 Å². The van der Waals surface area contributed by atoms with E-state index in [0.29, 0.717) is 17.2 Å². The average molecular weight is 278 g/mol. The summed E-state index contributed by atoms with van der Waals surface area (Å²) in [5.74, 6) is -0.202. The lowest BCUT2D eigenvalue weighted by Gasteiger charge is -2.20. The lowest BCUT2D eigenvalue weighted by Crippen LogP contribution is -2.41. The van der Waals surface area contributed by atoms with Crippen LogP contribution in [0.25, 0.3) is 0 Å². The second kappa shape index (κ2) is 4.77. The normalized spacial score (nSPS) is 21.1. The molecule has 19 heavy (non-hydrogen) atoms. The van der Waals surface area contributed by atoms with Gasteiger partial charge >= 0.3 is 5.97 Å². The Labute approximate surface area is 115 Å². The number of carboxylic acids is 1. The van der Waals surface area contributed by atoms with E-state index in [1.807, 2.05) is 12.1 Å². The first-order valence-corrected chi connectivity index (χ1v) is 7.30. The minimum absolute atomic E-state index is 0.188. The van der Waals surface area contributed by atoms with Crippen LogP contribution in [-0.4, -0.2) is 46.1 Å². The van der Waals surface area contributed by atoms with E-state index in [4.69, 9.17) is 5.11 Å². The molecule has 0 bridgehead atoms. The molecule has 1 atom stereocenters. The summed E-state index contributed by atoms with van der Waals surface area (Å²) < 4.78 is 0. The Morgan fingerprint density at radius 2 is 2.26 bits per heavy atom. The van der Waals surface area contributed by atoms with Gasteiger partial charge in [-0.15, -0.1) is 11.8 Å². The number of benzene rings is 1. The molecule has 2 N–H and O–H groups in total. The summed E-state index contributed by atoms with van der Waals surface area (Å²) in [4.78, 5) is 24.9. The summed E-state index contributed by atoms with van der Waals surface area (Å²) in [6, 6.07) is 4.83. The van der Waals surface area contributed by atoms with Gasteiger partial charge in [0.2, 0.25) is 0 Å². The fourth-order valence-electron chi connectivity index (χ4n) is 2.45. The fraction of sp³-hybridized carbons (Fsp3) is 0.385. The summed E-state index contributed by atoms with van der Waals surface area (Å²) in [5, 5.41) is 12.4. The molecule has 2 aliphatic rings. The van der Waals surface area contributed by atoms with Crippen LogP contribution < -0.4 is 5.32 Å². The lowest BCUT2D eigenvalue weighted by molar-refractivity contribution is -0.140. The lowest BCUT2D eigenvalue weighted by atomic mass is 10.1. The molecule has 0 aromatic heterocycles. The van der Waals surface area contributed by atoms with Crippen LogP contribution in [0.3, 0.4) is 0 Å². The average Bonchev–Trinajstić information content (AvgIpc) is 3.05. The van der Waals surface area contributed by atoms with Crippen molar-refractivity contribution in [2.45, 2.75) is 12.5 Å². The van der Waals surface area contributed by atoms with E-state index < -0.39 is 12.0 Å². The number of thioether (sulfide) groups is 1. The van der Waals surface area contributed by atoms with Crippen molar-refractivity contribution in [3.63, 3.8) is 0 Å². The van der Waals surface area contributed by atoms with Gasteiger partial charge in [0.05, 0.1) is 5.88 Å². The topological polar surface area (TPSA) is 69.6 Å². The van der Waals surface area contributed by atoms with E-state index in [-0.39, 0.29) is 5.91 Å². The van der Waals surface area contributed by atoms with Gasteiger partial charge < -0.3 is 15.3 Å². The van der Waals surface area contributed by atoms with Crippen molar-refractivity contribution in [3.05, 3.63) is 29.3 Å². The highest BCUT2D eigenvalue weighted by molar-refractivity contribution is 7.99. The molecule has 3 rings (SSSR count). The Hall–Kier alpha value is -1.69. The van der Waals surface area contributed by atoms with E-state index in [1.165, 1.54) is 16.7 Å². The molecule has 5 nitrogen and oxygen atoms in total. The van der Waals surface area contributed by atoms with Crippen molar-refractivity contribution in [2.24, 2.45) is 0 Å². The summed E-state index contributed by atoms with van der Waals surface area (Å²) in [5.41, 5.74) is 2.78. The number of carboxylic acid groups (broad SMARTS) is 1. The second-order valence-corrected chi connectivity index (χ2v) is 5.68. The Morgan fingerprint density at radius 1 is 1.42 bits per heavy atom. The smallest absolute Gasteiger partial charge is 0.327 e. The molecule has 0 spiro atoms. The second-order valence-electron chi connectivity index (χ2n) is 4.68. The first kappa shape index (κ1) is 12.3. The van der Waals surface area contributed by atoms with Gasteiger partial charge in [0.15, 0.2) is 0 Å². The van der Waals surface area contributed by atoms with Crippen LogP contribution in [0, 0.1) is 0 Å². The first-order valence-electron chi connectivity index (χ1n) is 6.15. The maximum absolute atomic E-state index is 12.4. The van der Waals surface area contributed by atoms with E-state index in [0.717, 1.165) is 24.2 Å². The van der Waals surface area contributed by atoms with Crippen molar-refractivity contribution in [2.75, 3.05) is 23.5 Å². The molecular weight excluding hydrogens is 264 g/mol. The van der Waals surface area contributed by atoms with E-state index >= 15 is 0 Å². The molecule has 1 aromatic carbocycles. The van der Waals surface area contributed by atoms with Gasteiger partial charge in [-0.3, -0.25) is 4.79 Å². The molecule has 0 aliphatic carbocycles. The molecule has 0 saturated carbocycles. The third-order valence-corrected chi connectivity index (χ3v) is 4.50. The van der Waals surface area contributed by atoms with Crippen LogP contribution in [0.1, 0.15) is 15.9 Å². The minimum atomic E-state index is -0.929. The zero-order valence-electron chi connectivity index (χ0n) is 10.3. The number of anilines is 1. The van der Waals surface area contributed by atoms with Crippen molar-refractivity contribution in [3.8, 4) is 0 Å². The van der Waals surface area contributed by atoms with Crippen LogP contribution in [0.15, 0.2) is 18.2 Å². The molecule has 2 aliphatic heterocycles. The Bertz CT molecular complexity index is 547. The van der Waals surface area contributed by atoms with E-state index in [1.54, 1.807) is 6.07 Å². The zero-order valence-corrected chi connectivity index (χ0v) is 11.1. The molecule has 0 radical (unpaired) electrons. The van der Waals surface area contributed by atoms with Crippen molar-refractivity contribution >= 4 is 29.3 Å². The standard InChI is InChI=1S/C13H14N2O3S/c16-12(15-7-19-6-11(15)13(17)18)9-1-2-10-8(5-9)3-4-14-10/h1-2,5,11,14H,3-4,6-7H2,(H,17,18)/t11-/m0/s1. The van der Waals surface area contributed by atoms with Gasteiger partial charge in [-0.25, -0.2) is 4.79 Å². The van der Waals surface area contributed by atoms with Crippen LogP contribution in [0.4, 0.5) is 5.69 Å². The molecule has 1 fully saturated rings. The van der Waals surface area contributed by atoms with Gasteiger partial charge in [0.1, 0.15) is 6.04 Å². The first-order chi connectivity index (χ1) is 9.16. The predicted octanol–water partition coefficient (Wildman–Crippen LogP) is 1.25. The maximum atomic E-state index is 12.4. The van der Waals surface area contributed by atoms with Gasteiger partial charge in [-0.1, -0.05) is 0 Å². The summed E-state index contributed by atoms with van der Waals surface area (Å²) in [7, 11) is 0. The number of carbonyl (C=O) groups is 2. The van der Waals surface area contributed by atoms with Crippen LogP contribution in [0.5, 0.6) is 0 Å². The summed E-state index contributed by atoms with van der Waals surface area (Å²) in [6.07, 6.45) is 0.910. The third kappa shape index (κ3) is 2.16. The predicted molar refractivity (Wildman–Crippen MR) is 73.6 cm³/mol. The van der Waals surface area contributed by atoms with E-state index in [9.17, 15) is 9.59 Å². The highest BCUT2D eigenvalue weighted by Gasteiger charge is 2.35. The van der Waals surface area contributed by atoms with Crippen molar-refractivity contribution in [1.29, 1.82) is 0 Å². The molecular formula is C13H14N2O3S. The number of hydrogen-bond donors (Lipinski definition) is 2. The number of rotatable bonds is 2. The quantitative estimate of drug-likeness (QED) is 0.852. The molecule has 100 valence electrons. The van der Waals surface area contributed by atoms with Crippen LogP contribution in [-0.2, 0) is 11.2 Å². The molecule has 2 heterocycles.